The minimum Gasteiger partial charge on any atom is -0.389 e. The van der Waals surface area contributed by atoms with E-state index < -0.39 is 6.10 Å². The Kier molecular flexibility index (Phi) is 5.67. The highest BCUT2D eigenvalue weighted by Gasteiger charge is 2.31. The Morgan fingerprint density at radius 2 is 1.95 bits per heavy atom. The van der Waals surface area contributed by atoms with E-state index in [1.165, 1.54) is 12.8 Å². The van der Waals surface area contributed by atoms with E-state index in [1.54, 1.807) is 0 Å². The molecule has 2 rings (SSSR count). The zero-order valence-corrected chi connectivity index (χ0v) is 13.0. The summed E-state index contributed by atoms with van der Waals surface area (Å²) in [4.78, 5) is 0. The van der Waals surface area contributed by atoms with Gasteiger partial charge in [-0.25, -0.2) is 0 Å². The molecule has 0 saturated heterocycles. The lowest BCUT2D eigenvalue weighted by atomic mass is 9.75. The summed E-state index contributed by atoms with van der Waals surface area (Å²) in [6.45, 7) is 7.93. The van der Waals surface area contributed by atoms with Gasteiger partial charge in [0.15, 0.2) is 0 Å². The number of aliphatic hydroxyl groups is 1. The van der Waals surface area contributed by atoms with E-state index >= 15 is 0 Å². The summed E-state index contributed by atoms with van der Waals surface area (Å²) < 4.78 is 8.07. The van der Waals surface area contributed by atoms with Crippen LogP contribution < -0.4 is 0 Å². The minimum absolute atomic E-state index is 0.318. The zero-order chi connectivity index (χ0) is 14.5. The first-order valence-corrected chi connectivity index (χ1v) is 7.96. The molecule has 1 aromatic rings. The molecule has 4 atom stereocenters. The fourth-order valence-corrected chi connectivity index (χ4v) is 3.33. The second-order valence-corrected chi connectivity index (χ2v) is 6.73. The van der Waals surface area contributed by atoms with Crippen LogP contribution in [0.2, 0.25) is 0 Å². The Hall–Kier alpha value is -0.800. The van der Waals surface area contributed by atoms with Crippen molar-refractivity contribution < 1.29 is 9.84 Å². The number of hydrogen-bond donors (Lipinski definition) is 1. The third-order valence-electron chi connectivity index (χ3n) is 4.55. The molecule has 0 spiro atoms. The van der Waals surface area contributed by atoms with Crippen LogP contribution in [-0.4, -0.2) is 28.5 Å². The molecule has 1 aliphatic carbocycles. The van der Waals surface area contributed by atoms with Gasteiger partial charge in [0, 0.05) is 12.4 Å². The average Bonchev–Trinajstić information content (AvgIpc) is 2.89. The van der Waals surface area contributed by atoms with Crippen LogP contribution in [0.15, 0.2) is 24.5 Å². The summed E-state index contributed by atoms with van der Waals surface area (Å²) in [6, 6.07) is 3.95. The van der Waals surface area contributed by atoms with Crippen LogP contribution in [0.3, 0.4) is 0 Å². The summed E-state index contributed by atoms with van der Waals surface area (Å²) in [5.74, 6) is 2.05. The summed E-state index contributed by atoms with van der Waals surface area (Å²) in [5, 5.41) is 10.1. The van der Waals surface area contributed by atoms with E-state index in [0.717, 1.165) is 12.3 Å². The highest BCUT2D eigenvalue weighted by molar-refractivity contribution is 4.90. The molecule has 20 heavy (non-hydrogen) atoms. The van der Waals surface area contributed by atoms with E-state index in [-0.39, 0.29) is 0 Å². The largest absolute Gasteiger partial charge is 0.389 e. The Morgan fingerprint density at radius 3 is 2.60 bits per heavy atom. The van der Waals surface area contributed by atoms with Crippen molar-refractivity contribution in [1.29, 1.82) is 0 Å². The topological polar surface area (TPSA) is 34.4 Å². The van der Waals surface area contributed by atoms with Gasteiger partial charge in [0.2, 0.25) is 0 Å². The first-order chi connectivity index (χ1) is 9.56. The maximum atomic E-state index is 10.1. The standard InChI is InChI=1S/C17H29NO2/c1-13(2)16-7-6-14(3)10-17(16)20-12-15(19)11-18-8-4-5-9-18/h4-5,8-9,13-17,19H,6-7,10-12H2,1-3H3. The maximum absolute atomic E-state index is 10.1. The quantitative estimate of drug-likeness (QED) is 0.866. The molecular weight excluding hydrogens is 250 g/mol. The van der Waals surface area contributed by atoms with Crippen molar-refractivity contribution in [1.82, 2.24) is 4.57 Å². The van der Waals surface area contributed by atoms with Gasteiger partial charge in [-0.05, 0) is 42.7 Å². The third kappa shape index (κ3) is 4.35. The molecule has 1 aromatic heterocycles. The van der Waals surface area contributed by atoms with E-state index in [0.29, 0.717) is 31.1 Å². The highest BCUT2D eigenvalue weighted by Crippen LogP contribution is 2.35. The average molecular weight is 279 g/mol. The molecule has 3 heteroatoms. The monoisotopic (exact) mass is 279 g/mol. The normalized spacial score (nSPS) is 28.8. The van der Waals surface area contributed by atoms with Crippen LogP contribution in [0, 0.1) is 17.8 Å². The molecule has 0 radical (unpaired) electrons. The van der Waals surface area contributed by atoms with Crippen molar-refractivity contribution in [2.75, 3.05) is 6.61 Å². The third-order valence-corrected chi connectivity index (χ3v) is 4.55. The molecule has 0 aromatic carbocycles. The van der Waals surface area contributed by atoms with Crippen LogP contribution in [-0.2, 0) is 11.3 Å². The summed E-state index contributed by atoms with van der Waals surface area (Å²) in [5.41, 5.74) is 0. The molecule has 4 unspecified atom stereocenters. The van der Waals surface area contributed by atoms with E-state index in [2.05, 4.69) is 20.8 Å². The lowest BCUT2D eigenvalue weighted by molar-refractivity contribution is -0.0715. The van der Waals surface area contributed by atoms with Gasteiger partial charge in [0.1, 0.15) is 0 Å². The second-order valence-electron chi connectivity index (χ2n) is 6.73. The van der Waals surface area contributed by atoms with Gasteiger partial charge >= 0.3 is 0 Å². The molecule has 1 fully saturated rings. The first-order valence-electron chi connectivity index (χ1n) is 7.96. The molecule has 1 heterocycles. The smallest absolute Gasteiger partial charge is 0.0952 e. The Labute approximate surface area is 122 Å². The molecule has 1 aliphatic rings. The van der Waals surface area contributed by atoms with Crippen molar-refractivity contribution in [2.45, 2.75) is 58.8 Å². The Bertz CT molecular complexity index is 374. The molecule has 0 bridgehead atoms. The molecule has 0 amide bonds. The fourth-order valence-electron chi connectivity index (χ4n) is 3.33. The van der Waals surface area contributed by atoms with Crippen molar-refractivity contribution in [2.24, 2.45) is 17.8 Å². The van der Waals surface area contributed by atoms with Gasteiger partial charge in [-0.2, -0.15) is 0 Å². The predicted octanol–water partition coefficient (Wildman–Crippen LogP) is 3.33. The lowest BCUT2D eigenvalue weighted by Gasteiger charge is -2.37. The Balaban J connectivity index is 1.81. The number of ether oxygens (including phenoxy) is 1. The number of hydrogen-bond acceptors (Lipinski definition) is 2. The number of aromatic nitrogens is 1. The van der Waals surface area contributed by atoms with Gasteiger partial charge in [-0.3, -0.25) is 0 Å². The van der Waals surface area contributed by atoms with Crippen LogP contribution >= 0.6 is 0 Å². The van der Waals surface area contributed by atoms with Crippen molar-refractivity contribution in [3.63, 3.8) is 0 Å². The maximum Gasteiger partial charge on any atom is 0.0952 e. The molecule has 1 N–H and O–H groups in total. The van der Waals surface area contributed by atoms with E-state index in [9.17, 15) is 5.11 Å². The molecule has 3 nitrogen and oxygen atoms in total. The van der Waals surface area contributed by atoms with Crippen LogP contribution in [0.1, 0.15) is 40.0 Å². The van der Waals surface area contributed by atoms with Gasteiger partial charge in [-0.15, -0.1) is 0 Å². The lowest BCUT2D eigenvalue weighted by Crippen LogP contribution is -2.36. The summed E-state index contributed by atoms with van der Waals surface area (Å²) in [7, 11) is 0. The minimum atomic E-state index is -0.424. The van der Waals surface area contributed by atoms with Crippen LogP contribution in [0.25, 0.3) is 0 Å². The van der Waals surface area contributed by atoms with E-state index in [1.807, 2.05) is 29.1 Å². The molecular formula is C17H29NO2. The molecule has 114 valence electrons. The van der Waals surface area contributed by atoms with Gasteiger partial charge in [0.25, 0.3) is 0 Å². The second kappa shape index (κ2) is 7.28. The first kappa shape index (κ1) is 15.6. The highest BCUT2D eigenvalue weighted by atomic mass is 16.5. The van der Waals surface area contributed by atoms with Gasteiger partial charge < -0.3 is 14.4 Å². The van der Waals surface area contributed by atoms with Crippen molar-refractivity contribution in [3.05, 3.63) is 24.5 Å². The van der Waals surface area contributed by atoms with E-state index in [4.69, 9.17) is 4.74 Å². The van der Waals surface area contributed by atoms with Crippen LogP contribution in [0.5, 0.6) is 0 Å². The molecule has 1 saturated carbocycles. The SMILES string of the molecule is CC1CCC(C(C)C)C(OCC(O)Cn2cccc2)C1. The number of nitrogens with zero attached hydrogens (tertiary/aromatic N) is 1. The summed E-state index contributed by atoms with van der Waals surface area (Å²) >= 11 is 0. The molecule has 0 aliphatic heterocycles. The predicted molar refractivity (Wildman–Crippen MR) is 81.5 cm³/mol. The Morgan fingerprint density at radius 1 is 1.25 bits per heavy atom. The van der Waals surface area contributed by atoms with Crippen LogP contribution in [0.4, 0.5) is 0 Å². The van der Waals surface area contributed by atoms with Crippen molar-refractivity contribution >= 4 is 0 Å². The van der Waals surface area contributed by atoms with Gasteiger partial charge in [0.05, 0.1) is 25.4 Å². The fraction of sp³-hybridized carbons (Fsp3) is 0.765. The summed E-state index contributed by atoms with van der Waals surface area (Å²) in [6.07, 6.45) is 7.56. The number of aliphatic hydroxyl groups excluding tert-OH is 1. The van der Waals surface area contributed by atoms with Gasteiger partial charge in [-0.1, -0.05) is 27.2 Å². The number of rotatable bonds is 6. The zero-order valence-electron chi connectivity index (χ0n) is 13.0. The van der Waals surface area contributed by atoms with Crippen molar-refractivity contribution in [3.8, 4) is 0 Å².